The largest absolute Gasteiger partial charge is 0.360 e. The number of amides is 1. The Morgan fingerprint density at radius 2 is 2.04 bits per heavy atom. The van der Waals surface area contributed by atoms with Gasteiger partial charge in [0, 0.05) is 16.8 Å². The van der Waals surface area contributed by atoms with Gasteiger partial charge in [-0.1, -0.05) is 29.3 Å². The highest BCUT2D eigenvalue weighted by atomic mass is 35.5. The maximum Gasteiger partial charge on any atom is 0.258 e. The van der Waals surface area contributed by atoms with E-state index in [1.54, 1.807) is 40.6 Å². The van der Waals surface area contributed by atoms with Gasteiger partial charge in [0.25, 0.3) is 5.91 Å². The van der Waals surface area contributed by atoms with Gasteiger partial charge in [-0.2, -0.15) is 0 Å². The number of halogens is 2. The molecule has 1 unspecified atom stereocenters. The number of nitrogens with one attached hydrogen (secondary N) is 1. The molecule has 25 heavy (non-hydrogen) atoms. The number of hydrogen-bond acceptors (Lipinski definition) is 4. The van der Waals surface area contributed by atoms with Gasteiger partial charge in [0.2, 0.25) is 0 Å². The van der Waals surface area contributed by atoms with Gasteiger partial charge in [0.15, 0.2) is 0 Å². The Kier molecular flexibility index (Phi) is 4.37. The molecule has 3 heterocycles. The van der Waals surface area contributed by atoms with Crippen LogP contribution in [0.1, 0.15) is 27.1 Å². The lowest BCUT2D eigenvalue weighted by Gasteiger charge is -2.26. The maximum absolute atomic E-state index is 12.8. The summed E-state index contributed by atoms with van der Waals surface area (Å²) in [4.78, 5) is 20.2. The fourth-order valence-corrected chi connectivity index (χ4v) is 3.86. The van der Waals surface area contributed by atoms with Crippen molar-refractivity contribution < 1.29 is 4.79 Å². The van der Waals surface area contributed by atoms with Crippen molar-refractivity contribution in [2.45, 2.75) is 12.7 Å². The molecule has 7 heteroatoms. The summed E-state index contributed by atoms with van der Waals surface area (Å²) in [6.45, 7) is 0.520. The van der Waals surface area contributed by atoms with E-state index in [9.17, 15) is 4.79 Å². The van der Waals surface area contributed by atoms with Crippen molar-refractivity contribution >= 4 is 46.1 Å². The SMILES string of the molecule is O=C1c2cccnc2C(Nc2ccc(Cl)c(Cl)c2)N1Cc1cccs1. The topological polar surface area (TPSA) is 45.2 Å². The molecule has 3 aromatic rings. The molecule has 2 aromatic heterocycles. The van der Waals surface area contributed by atoms with Crippen LogP contribution in [0.5, 0.6) is 0 Å². The van der Waals surface area contributed by atoms with Crippen LogP contribution in [0.25, 0.3) is 0 Å². The predicted octanol–water partition coefficient (Wildman–Crippen LogP) is 5.22. The van der Waals surface area contributed by atoms with Crippen molar-refractivity contribution in [3.05, 3.63) is 80.2 Å². The number of benzene rings is 1. The van der Waals surface area contributed by atoms with Crippen LogP contribution in [-0.4, -0.2) is 15.8 Å². The zero-order valence-corrected chi connectivity index (χ0v) is 15.3. The molecule has 1 amide bonds. The standard InChI is InChI=1S/C18H13Cl2N3OS/c19-14-6-5-11(9-15(14)20)22-17-16-13(4-1-7-21-16)18(24)23(17)10-12-3-2-8-25-12/h1-9,17,22H,10H2. The summed E-state index contributed by atoms with van der Waals surface area (Å²) in [6, 6.07) is 12.9. The molecule has 1 aliphatic rings. The van der Waals surface area contributed by atoms with Gasteiger partial charge < -0.3 is 10.2 Å². The van der Waals surface area contributed by atoms with Crippen LogP contribution in [0.4, 0.5) is 5.69 Å². The third-order valence-corrected chi connectivity index (χ3v) is 5.63. The third-order valence-electron chi connectivity index (χ3n) is 4.03. The van der Waals surface area contributed by atoms with Crippen molar-refractivity contribution in [2.75, 3.05) is 5.32 Å². The van der Waals surface area contributed by atoms with Crippen molar-refractivity contribution in [2.24, 2.45) is 0 Å². The number of nitrogens with zero attached hydrogens (tertiary/aromatic N) is 2. The average Bonchev–Trinajstić information content (AvgIpc) is 3.21. The minimum Gasteiger partial charge on any atom is -0.360 e. The van der Waals surface area contributed by atoms with Gasteiger partial charge in [0.05, 0.1) is 27.8 Å². The fourth-order valence-electron chi connectivity index (χ4n) is 2.86. The summed E-state index contributed by atoms with van der Waals surface area (Å²) >= 11 is 13.7. The predicted molar refractivity (Wildman–Crippen MR) is 101 cm³/mol. The van der Waals surface area contributed by atoms with E-state index in [1.807, 2.05) is 29.6 Å². The molecule has 0 aliphatic carbocycles. The number of hydrogen-bond donors (Lipinski definition) is 1. The molecule has 4 rings (SSSR count). The van der Waals surface area contributed by atoms with Gasteiger partial charge in [-0.05, 0) is 41.8 Å². The van der Waals surface area contributed by atoms with Crippen LogP contribution in [-0.2, 0) is 6.54 Å². The Balaban J connectivity index is 1.70. The van der Waals surface area contributed by atoms with E-state index in [2.05, 4.69) is 10.3 Å². The van der Waals surface area contributed by atoms with Crippen LogP contribution in [0.2, 0.25) is 10.0 Å². The molecule has 1 N–H and O–H groups in total. The number of carbonyl (C=O) groups excluding carboxylic acids is 1. The zero-order valence-electron chi connectivity index (χ0n) is 12.9. The molecule has 0 fully saturated rings. The molecule has 0 radical (unpaired) electrons. The van der Waals surface area contributed by atoms with Crippen molar-refractivity contribution in [1.29, 1.82) is 0 Å². The summed E-state index contributed by atoms with van der Waals surface area (Å²) in [7, 11) is 0. The highest BCUT2D eigenvalue weighted by molar-refractivity contribution is 7.09. The minimum absolute atomic E-state index is 0.0333. The van der Waals surface area contributed by atoms with Crippen molar-refractivity contribution in [3.8, 4) is 0 Å². The number of thiophene rings is 1. The number of fused-ring (bicyclic) bond motifs is 1. The van der Waals surface area contributed by atoms with Gasteiger partial charge in [0.1, 0.15) is 6.17 Å². The van der Waals surface area contributed by atoms with E-state index in [4.69, 9.17) is 23.2 Å². The summed E-state index contributed by atoms with van der Waals surface area (Å²) in [5.74, 6) is -0.0333. The summed E-state index contributed by atoms with van der Waals surface area (Å²) in [5.41, 5.74) is 2.12. The molecule has 0 bridgehead atoms. The monoisotopic (exact) mass is 389 g/mol. The van der Waals surface area contributed by atoms with Crippen molar-refractivity contribution in [3.63, 3.8) is 0 Å². The molecule has 126 valence electrons. The van der Waals surface area contributed by atoms with Crippen molar-refractivity contribution in [1.82, 2.24) is 9.88 Å². The van der Waals surface area contributed by atoms with Gasteiger partial charge in [-0.25, -0.2) is 0 Å². The van der Waals surface area contributed by atoms with Crippen LogP contribution in [0.15, 0.2) is 54.0 Å². The number of aromatic nitrogens is 1. The number of carbonyl (C=O) groups is 1. The number of pyridine rings is 1. The number of rotatable bonds is 4. The van der Waals surface area contributed by atoms with Gasteiger partial charge >= 0.3 is 0 Å². The first-order valence-electron chi connectivity index (χ1n) is 7.63. The fraction of sp³-hybridized carbons (Fsp3) is 0.111. The Hall–Kier alpha value is -2.08. The lowest BCUT2D eigenvalue weighted by atomic mass is 10.2. The Bertz CT molecular complexity index is 930. The van der Waals surface area contributed by atoms with Crippen LogP contribution in [0, 0.1) is 0 Å². The number of anilines is 1. The third kappa shape index (κ3) is 3.11. The molecule has 1 atom stereocenters. The van der Waals surface area contributed by atoms with Gasteiger partial charge in [-0.15, -0.1) is 11.3 Å². The van der Waals surface area contributed by atoms with E-state index in [0.29, 0.717) is 22.2 Å². The molecule has 0 spiro atoms. The average molecular weight is 390 g/mol. The van der Waals surface area contributed by atoms with Crippen LogP contribution in [0.3, 0.4) is 0 Å². The molecular weight excluding hydrogens is 377 g/mol. The van der Waals surface area contributed by atoms with E-state index in [-0.39, 0.29) is 12.1 Å². The first kappa shape index (κ1) is 16.4. The quantitative estimate of drug-likeness (QED) is 0.665. The maximum atomic E-state index is 12.8. The normalized spacial score (nSPS) is 16.2. The highest BCUT2D eigenvalue weighted by Crippen LogP contribution is 2.35. The summed E-state index contributed by atoms with van der Waals surface area (Å²) in [6.07, 6.45) is 1.34. The molecular formula is C18H13Cl2N3OS. The van der Waals surface area contributed by atoms with Crippen LogP contribution < -0.4 is 5.32 Å². The van der Waals surface area contributed by atoms with E-state index in [1.165, 1.54) is 0 Å². The Labute approximate surface area is 159 Å². The molecule has 1 aromatic carbocycles. The Morgan fingerprint density at radius 3 is 2.80 bits per heavy atom. The minimum atomic E-state index is -0.358. The van der Waals surface area contributed by atoms with Gasteiger partial charge in [-0.3, -0.25) is 9.78 Å². The van der Waals surface area contributed by atoms with E-state index in [0.717, 1.165) is 16.3 Å². The first-order valence-corrected chi connectivity index (χ1v) is 9.27. The van der Waals surface area contributed by atoms with E-state index >= 15 is 0 Å². The molecule has 4 nitrogen and oxygen atoms in total. The second kappa shape index (κ2) is 6.67. The second-order valence-electron chi connectivity index (χ2n) is 5.62. The lowest BCUT2D eigenvalue weighted by molar-refractivity contribution is 0.0729. The van der Waals surface area contributed by atoms with E-state index < -0.39 is 0 Å². The molecule has 1 aliphatic heterocycles. The first-order chi connectivity index (χ1) is 12.1. The smallest absolute Gasteiger partial charge is 0.258 e. The second-order valence-corrected chi connectivity index (χ2v) is 7.47. The zero-order chi connectivity index (χ0) is 17.4. The lowest BCUT2D eigenvalue weighted by Crippen LogP contribution is -2.31. The highest BCUT2D eigenvalue weighted by Gasteiger charge is 2.38. The Morgan fingerprint density at radius 1 is 1.16 bits per heavy atom. The molecule has 0 saturated heterocycles. The summed E-state index contributed by atoms with van der Waals surface area (Å²) in [5, 5.41) is 6.31. The van der Waals surface area contributed by atoms with Crippen LogP contribution >= 0.6 is 34.5 Å². The summed E-state index contributed by atoms with van der Waals surface area (Å²) < 4.78 is 0. The molecule has 0 saturated carbocycles.